The van der Waals surface area contributed by atoms with Gasteiger partial charge in [-0.3, -0.25) is 0 Å². The predicted molar refractivity (Wildman–Crippen MR) is 76.8 cm³/mol. The third kappa shape index (κ3) is 3.31. The van der Waals surface area contributed by atoms with E-state index in [0.717, 1.165) is 4.90 Å². The highest BCUT2D eigenvalue weighted by Gasteiger charge is 2.05. The topological polar surface area (TPSA) is 26.0 Å². The van der Waals surface area contributed by atoms with Gasteiger partial charge in [-0.05, 0) is 35.9 Å². The lowest BCUT2D eigenvalue weighted by atomic mass is 10.2. The minimum atomic E-state index is -0.295. The molecule has 0 aliphatic rings. The molecule has 0 aliphatic carbocycles. The third-order valence-corrected chi connectivity index (χ3v) is 3.99. The maximum Gasteiger partial charge on any atom is 0.128 e. The Bertz CT molecular complexity index is 575. The second kappa shape index (κ2) is 5.83. The van der Waals surface area contributed by atoms with Gasteiger partial charge in [0.2, 0.25) is 0 Å². The average Bonchev–Trinajstić information content (AvgIpc) is 2.32. The van der Waals surface area contributed by atoms with Gasteiger partial charge in [0, 0.05) is 15.7 Å². The molecule has 0 heterocycles. The maximum atomic E-state index is 13.6. The van der Waals surface area contributed by atoms with Crippen LogP contribution in [0.2, 0.25) is 10.0 Å². The van der Waals surface area contributed by atoms with Crippen LogP contribution in [0.3, 0.4) is 0 Å². The molecule has 0 radical (unpaired) electrons. The molecule has 94 valence electrons. The van der Waals surface area contributed by atoms with Crippen molar-refractivity contribution in [1.29, 1.82) is 0 Å². The van der Waals surface area contributed by atoms with Gasteiger partial charge in [0.05, 0.1) is 10.7 Å². The Hall–Kier alpha value is -0.900. The van der Waals surface area contributed by atoms with Crippen LogP contribution in [0.15, 0.2) is 41.3 Å². The summed E-state index contributed by atoms with van der Waals surface area (Å²) in [5.41, 5.74) is 6.77. The fraction of sp³-hybridized carbons (Fsp3) is 0.0769. The van der Waals surface area contributed by atoms with Gasteiger partial charge in [0.15, 0.2) is 0 Å². The van der Waals surface area contributed by atoms with Gasteiger partial charge in [0.1, 0.15) is 5.82 Å². The standard InChI is InChI=1S/C13H10Cl2FNS/c14-9-2-1-8(12(16)5-9)7-18-10-3-4-13(17)11(15)6-10/h1-6H,7,17H2. The normalized spacial score (nSPS) is 10.6. The van der Waals surface area contributed by atoms with Crippen LogP contribution in [-0.4, -0.2) is 0 Å². The molecule has 2 N–H and O–H groups in total. The van der Waals surface area contributed by atoms with E-state index in [4.69, 9.17) is 28.9 Å². The summed E-state index contributed by atoms with van der Waals surface area (Å²) in [7, 11) is 0. The van der Waals surface area contributed by atoms with Crippen molar-refractivity contribution >= 4 is 40.7 Å². The van der Waals surface area contributed by atoms with Crippen molar-refractivity contribution in [3.8, 4) is 0 Å². The van der Waals surface area contributed by atoms with Gasteiger partial charge in [-0.25, -0.2) is 4.39 Å². The minimum Gasteiger partial charge on any atom is -0.398 e. The lowest BCUT2D eigenvalue weighted by Crippen LogP contribution is -1.88. The van der Waals surface area contributed by atoms with Crippen molar-refractivity contribution in [2.75, 3.05) is 5.73 Å². The summed E-state index contributed by atoms with van der Waals surface area (Å²) in [5, 5.41) is 0.911. The number of anilines is 1. The van der Waals surface area contributed by atoms with E-state index in [1.807, 2.05) is 6.07 Å². The Morgan fingerprint density at radius 1 is 1.11 bits per heavy atom. The number of hydrogen-bond acceptors (Lipinski definition) is 2. The summed E-state index contributed by atoms with van der Waals surface area (Å²) < 4.78 is 13.6. The summed E-state index contributed by atoms with van der Waals surface area (Å²) in [4.78, 5) is 0.948. The van der Waals surface area contributed by atoms with E-state index >= 15 is 0 Å². The molecule has 2 aromatic carbocycles. The zero-order valence-electron chi connectivity index (χ0n) is 9.29. The fourth-order valence-corrected chi connectivity index (χ4v) is 2.72. The van der Waals surface area contributed by atoms with E-state index < -0.39 is 0 Å². The molecule has 0 unspecified atom stereocenters. The van der Waals surface area contributed by atoms with Gasteiger partial charge >= 0.3 is 0 Å². The van der Waals surface area contributed by atoms with Crippen molar-refractivity contribution in [1.82, 2.24) is 0 Å². The molecule has 5 heteroatoms. The van der Waals surface area contributed by atoms with Crippen LogP contribution in [0.25, 0.3) is 0 Å². The van der Waals surface area contributed by atoms with E-state index in [1.54, 1.807) is 24.3 Å². The Morgan fingerprint density at radius 3 is 2.56 bits per heavy atom. The zero-order chi connectivity index (χ0) is 13.1. The highest BCUT2D eigenvalue weighted by molar-refractivity contribution is 7.98. The summed E-state index contributed by atoms with van der Waals surface area (Å²) in [5.74, 6) is 0.222. The van der Waals surface area contributed by atoms with Crippen LogP contribution in [0.4, 0.5) is 10.1 Å². The first kappa shape index (κ1) is 13.5. The average molecular weight is 302 g/mol. The number of benzene rings is 2. The second-order valence-corrected chi connectivity index (χ2v) is 5.60. The van der Waals surface area contributed by atoms with Gasteiger partial charge in [-0.1, -0.05) is 29.3 Å². The molecule has 0 fully saturated rings. The molecule has 0 aliphatic heterocycles. The van der Waals surface area contributed by atoms with Crippen molar-refractivity contribution in [3.63, 3.8) is 0 Å². The first-order valence-electron chi connectivity index (χ1n) is 5.18. The van der Waals surface area contributed by atoms with Gasteiger partial charge in [-0.15, -0.1) is 11.8 Å². The smallest absolute Gasteiger partial charge is 0.128 e. The molecule has 0 spiro atoms. The number of hydrogen-bond donors (Lipinski definition) is 1. The highest BCUT2D eigenvalue weighted by Crippen LogP contribution is 2.29. The largest absolute Gasteiger partial charge is 0.398 e. The zero-order valence-corrected chi connectivity index (χ0v) is 11.6. The summed E-state index contributed by atoms with van der Waals surface area (Å²) in [6.45, 7) is 0. The molecule has 1 nitrogen and oxygen atoms in total. The first-order chi connectivity index (χ1) is 8.56. The quantitative estimate of drug-likeness (QED) is 0.637. The van der Waals surface area contributed by atoms with Crippen molar-refractivity contribution < 1.29 is 4.39 Å². The molecular formula is C13H10Cl2FNS. The van der Waals surface area contributed by atoms with Crippen LogP contribution < -0.4 is 5.73 Å². The molecule has 0 amide bonds. The summed E-state index contributed by atoms with van der Waals surface area (Å²) in [6.07, 6.45) is 0. The Labute approximate surface area is 119 Å². The molecule has 0 atom stereocenters. The van der Waals surface area contributed by atoms with Crippen molar-refractivity contribution in [2.24, 2.45) is 0 Å². The Morgan fingerprint density at radius 2 is 1.89 bits per heavy atom. The monoisotopic (exact) mass is 301 g/mol. The van der Waals surface area contributed by atoms with Crippen molar-refractivity contribution in [3.05, 3.63) is 57.8 Å². The van der Waals surface area contributed by atoms with E-state index in [9.17, 15) is 4.39 Å². The van der Waals surface area contributed by atoms with Crippen LogP contribution >= 0.6 is 35.0 Å². The maximum absolute atomic E-state index is 13.6. The Kier molecular flexibility index (Phi) is 4.38. The molecule has 0 saturated carbocycles. The van der Waals surface area contributed by atoms with E-state index in [0.29, 0.717) is 27.0 Å². The summed E-state index contributed by atoms with van der Waals surface area (Å²) in [6, 6.07) is 10.0. The van der Waals surface area contributed by atoms with E-state index in [2.05, 4.69) is 0 Å². The van der Waals surface area contributed by atoms with Crippen LogP contribution in [-0.2, 0) is 5.75 Å². The number of rotatable bonds is 3. The van der Waals surface area contributed by atoms with Gasteiger partial charge in [0.25, 0.3) is 0 Å². The summed E-state index contributed by atoms with van der Waals surface area (Å²) >= 11 is 13.1. The fourth-order valence-electron chi connectivity index (χ4n) is 1.40. The lowest BCUT2D eigenvalue weighted by Gasteiger charge is -2.05. The number of halogens is 3. The molecule has 0 aromatic heterocycles. The van der Waals surface area contributed by atoms with E-state index in [1.165, 1.54) is 17.8 Å². The van der Waals surface area contributed by atoms with Crippen LogP contribution in [0.1, 0.15) is 5.56 Å². The van der Waals surface area contributed by atoms with E-state index in [-0.39, 0.29) is 5.82 Å². The second-order valence-electron chi connectivity index (χ2n) is 3.71. The number of thioether (sulfide) groups is 1. The van der Waals surface area contributed by atoms with Crippen molar-refractivity contribution in [2.45, 2.75) is 10.6 Å². The number of nitrogens with two attached hydrogens (primary N) is 1. The first-order valence-corrected chi connectivity index (χ1v) is 6.92. The molecule has 2 aromatic rings. The lowest BCUT2D eigenvalue weighted by molar-refractivity contribution is 0.617. The SMILES string of the molecule is Nc1ccc(SCc2ccc(Cl)cc2F)cc1Cl. The molecule has 2 rings (SSSR count). The molecule has 0 saturated heterocycles. The molecule has 18 heavy (non-hydrogen) atoms. The molecular weight excluding hydrogens is 292 g/mol. The van der Waals surface area contributed by atoms with Crippen LogP contribution in [0.5, 0.6) is 0 Å². The van der Waals surface area contributed by atoms with Gasteiger partial charge in [-0.2, -0.15) is 0 Å². The highest BCUT2D eigenvalue weighted by atomic mass is 35.5. The van der Waals surface area contributed by atoms with Crippen LogP contribution in [0, 0.1) is 5.82 Å². The van der Waals surface area contributed by atoms with Gasteiger partial charge < -0.3 is 5.73 Å². The number of nitrogen functional groups attached to an aromatic ring is 1. The molecule has 0 bridgehead atoms. The Balaban J connectivity index is 2.09. The third-order valence-electron chi connectivity index (χ3n) is 2.38. The minimum absolute atomic E-state index is 0.295. The predicted octanol–water partition coefficient (Wildman–Crippen LogP) is 5.01.